The summed E-state index contributed by atoms with van der Waals surface area (Å²) in [6.45, 7) is 0. The molecule has 0 unspecified atom stereocenters. The first kappa shape index (κ1) is 38.3. The predicted molar refractivity (Wildman–Crippen MR) is 65.6 cm³/mol. The summed E-state index contributed by atoms with van der Waals surface area (Å²) in [4.78, 5) is 55.9. The Kier molecular flexibility index (Phi) is 20.2. The molecule has 2 aromatic carbocycles. The van der Waals surface area contributed by atoms with E-state index in [9.17, 15) is 49.5 Å². The van der Waals surface area contributed by atoms with E-state index in [2.05, 4.69) is 0 Å². The van der Waals surface area contributed by atoms with Crippen LogP contribution in [0, 0.1) is 0 Å². The van der Waals surface area contributed by atoms with Crippen molar-refractivity contribution in [1.29, 1.82) is 0 Å². The van der Waals surface area contributed by atoms with Gasteiger partial charge in [0, 0.05) is 27.8 Å². The summed E-state index contributed by atoms with van der Waals surface area (Å²) in [6, 6.07) is 1.86. The van der Waals surface area contributed by atoms with Crippen LogP contribution in [0.25, 0.3) is 10.8 Å². The molecule has 0 saturated heterocycles. The second-order valence-electron chi connectivity index (χ2n) is 4.69. The molecule has 15 heteroatoms. The van der Waals surface area contributed by atoms with Crippen LogP contribution < -0.4 is 173 Å². The summed E-state index contributed by atoms with van der Waals surface area (Å²) < 4.78 is 0. The molecule has 2 aromatic rings. The average Bonchev–Trinajstić information content (AvgIpc) is 2.50. The Morgan fingerprint density at radius 2 is 0.867 bits per heavy atom. The van der Waals surface area contributed by atoms with E-state index in [0.717, 1.165) is 6.07 Å². The Hall–Kier alpha value is 1.05. The number of rotatable bonds is 5. The molecule has 0 amide bonds. The summed E-state index contributed by atoms with van der Waals surface area (Å²) >= 11 is 0. The van der Waals surface area contributed by atoms with E-state index in [1.807, 2.05) is 0 Å². The second-order valence-corrected chi connectivity index (χ2v) is 4.69. The van der Waals surface area contributed by atoms with E-state index in [1.54, 1.807) is 0 Å². The average molecular weight is 458 g/mol. The summed E-state index contributed by atoms with van der Waals surface area (Å²) in [7, 11) is 0. The normalized spacial score (nSPS) is 8.67. The molecule has 0 aliphatic heterocycles. The van der Waals surface area contributed by atoms with Gasteiger partial charge in [0.15, 0.2) is 0 Å². The van der Waals surface area contributed by atoms with Gasteiger partial charge in [0.1, 0.15) is 0 Å². The second kappa shape index (κ2) is 15.8. The van der Waals surface area contributed by atoms with Gasteiger partial charge in [0.2, 0.25) is 0 Å². The number of hydrogen-bond acceptors (Lipinski definition) is 10. The topological polar surface area (TPSA) is 201 Å². The molecule has 0 fully saturated rings. The van der Waals surface area contributed by atoms with Gasteiger partial charge in [-0.15, -0.1) is 0 Å². The van der Waals surface area contributed by atoms with Crippen LogP contribution in [-0.4, -0.2) is 29.8 Å². The first-order chi connectivity index (χ1) is 11.6. The van der Waals surface area contributed by atoms with E-state index in [0.29, 0.717) is 12.1 Å². The maximum absolute atomic E-state index is 11.3. The Morgan fingerprint density at radius 3 is 1.20 bits per heavy atom. The molecule has 0 aliphatic rings. The quantitative estimate of drug-likeness (QED) is 0.387. The smallest absolute Gasteiger partial charge is 0.545 e. The van der Waals surface area contributed by atoms with Crippen molar-refractivity contribution in [3.63, 3.8) is 0 Å². The van der Waals surface area contributed by atoms with E-state index in [1.165, 1.54) is 0 Å². The zero-order valence-electron chi connectivity index (χ0n) is 16.8. The SMILES string of the molecule is O=C([O-])c1cc2c(C(=O)[O-])c(C(=O)[O-])ccc2c(C(=O)[O-])c1C(=O)[O-].[Na+].[Na+].[Na+].[Na+].[Na+]. The van der Waals surface area contributed by atoms with Crippen molar-refractivity contribution in [3.05, 3.63) is 46.0 Å². The van der Waals surface area contributed by atoms with Crippen molar-refractivity contribution in [1.82, 2.24) is 0 Å². The molecular weight excluding hydrogens is 455 g/mol. The van der Waals surface area contributed by atoms with Crippen LogP contribution in [0.4, 0.5) is 0 Å². The van der Waals surface area contributed by atoms with Crippen LogP contribution in [0.5, 0.6) is 0 Å². The molecule has 128 valence electrons. The first-order valence-corrected chi connectivity index (χ1v) is 6.28. The molecule has 30 heavy (non-hydrogen) atoms. The molecular formula is C15H3Na5O10. The van der Waals surface area contributed by atoms with Gasteiger partial charge in [-0.1, -0.05) is 12.1 Å². The third-order valence-electron chi connectivity index (χ3n) is 3.38. The van der Waals surface area contributed by atoms with Crippen LogP contribution >= 0.6 is 0 Å². The van der Waals surface area contributed by atoms with Gasteiger partial charge in [0.25, 0.3) is 0 Å². The molecule has 0 saturated carbocycles. The minimum Gasteiger partial charge on any atom is -0.545 e. The van der Waals surface area contributed by atoms with Crippen LogP contribution in [0.1, 0.15) is 51.8 Å². The first-order valence-electron chi connectivity index (χ1n) is 6.28. The van der Waals surface area contributed by atoms with Crippen LogP contribution in [-0.2, 0) is 0 Å². The minimum atomic E-state index is -2.20. The van der Waals surface area contributed by atoms with Crippen molar-refractivity contribution >= 4 is 40.6 Å². The van der Waals surface area contributed by atoms with Crippen molar-refractivity contribution in [2.75, 3.05) is 0 Å². The Balaban J connectivity index is -0.000000676. The van der Waals surface area contributed by atoms with E-state index < -0.39 is 68.4 Å². The van der Waals surface area contributed by atoms with Crippen molar-refractivity contribution < 1.29 is 197 Å². The Labute approximate surface area is 279 Å². The van der Waals surface area contributed by atoms with Gasteiger partial charge in [-0.2, -0.15) is 0 Å². The summed E-state index contributed by atoms with van der Waals surface area (Å²) in [6.07, 6.45) is 0. The number of carboxylic acids is 5. The number of carboxylic acid groups (broad SMARTS) is 5. The number of carbonyl (C=O) groups is 5. The third kappa shape index (κ3) is 7.82. The van der Waals surface area contributed by atoms with Crippen molar-refractivity contribution in [2.24, 2.45) is 0 Å². The standard InChI is InChI=1S/C15H8O10.5Na/c16-11(17)5-2-1-4-6(8(5)13(20)21)3-7(12(18)19)10(15(24)25)9(4)14(22)23;;;;;/h1-3H,(H,16,17)(H,18,19)(H,20,21)(H,22,23)(H,24,25);;;;;/q;5*+1/p-5. The molecule has 0 N–H and O–H groups in total. The Bertz CT molecular complexity index is 1010. The number of aromatic carboxylic acids is 5. The number of fused-ring (bicyclic) bond motifs is 1. The largest absolute Gasteiger partial charge is 1.00 e. The number of hydrogen-bond donors (Lipinski definition) is 0. The van der Waals surface area contributed by atoms with Gasteiger partial charge in [-0.3, -0.25) is 0 Å². The summed E-state index contributed by atoms with van der Waals surface area (Å²) in [5, 5.41) is 54.6. The third-order valence-corrected chi connectivity index (χ3v) is 3.38. The molecule has 0 aromatic heterocycles. The van der Waals surface area contributed by atoms with E-state index >= 15 is 0 Å². The van der Waals surface area contributed by atoms with Gasteiger partial charge in [-0.25, -0.2) is 0 Å². The molecule has 0 heterocycles. The molecule has 10 nitrogen and oxygen atoms in total. The van der Waals surface area contributed by atoms with Crippen molar-refractivity contribution in [3.8, 4) is 0 Å². The molecule has 0 bridgehead atoms. The fourth-order valence-corrected chi connectivity index (χ4v) is 2.45. The van der Waals surface area contributed by atoms with Crippen LogP contribution in [0.3, 0.4) is 0 Å². The van der Waals surface area contributed by atoms with Gasteiger partial charge in [0.05, 0.1) is 29.8 Å². The maximum atomic E-state index is 11.3. The number of carbonyl (C=O) groups excluding carboxylic acids is 5. The van der Waals surface area contributed by atoms with E-state index in [-0.39, 0.29) is 148 Å². The predicted octanol–water partition coefficient (Wildman–Crippen LogP) is -20.3. The molecule has 0 aliphatic carbocycles. The summed E-state index contributed by atoms with van der Waals surface area (Å²) in [5.41, 5.74) is -5.76. The van der Waals surface area contributed by atoms with Gasteiger partial charge >= 0.3 is 148 Å². The molecule has 0 atom stereocenters. The van der Waals surface area contributed by atoms with E-state index in [4.69, 9.17) is 0 Å². The van der Waals surface area contributed by atoms with Crippen LogP contribution in [0.2, 0.25) is 0 Å². The molecule has 2 rings (SSSR count). The fraction of sp³-hybridized carbons (Fsp3) is 0. The van der Waals surface area contributed by atoms with Crippen molar-refractivity contribution in [2.45, 2.75) is 0 Å². The fourth-order valence-electron chi connectivity index (χ4n) is 2.45. The zero-order chi connectivity index (χ0) is 19.0. The van der Waals surface area contributed by atoms with Gasteiger partial charge in [-0.05, 0) is 16.8 Å². The zero-order valence-corrected chi connectivity index (χ0v) is 26.8. The minimum absolute atomic E-state index is 0. The maximum Gasteiger partial charge on any atom is 1.00 e. The molecule has 0 spiro atoms. The Morgan fingerprint density at radius 1 is 0.467 bits per heavy atom. The van der Waals surface area contributed by atoms with Gasteiger partial charge < -0.3 is 49.5 Å². The monoisotopic (exact) mass is 458 g/mol. The number of benzene rings is 2. The molecule has 0 radical (unpaired) electrons. The summed E-state index contributed by atoms with van der Waals surface area (Å²) in [5.74, 6) is -10.6. The van der Waals surface area contributed by atoms with Crippen LogP contribution in [0.15, 0.2) is 18.2 Å².